The molecule has 1 atom stereocenters. The molecule has 7 heteroatoms. The van der Waals surface area contributed by atoms with Gasteiger partial charge in [-0.2, -0.15) is 0 Å². The summed E-state index contributed by atoms with van der Waals surface area (Å²) in [6, 6.07) is 12.0. The Morgan fingerprint density at radius 2 is 1.81 bits per heavy atom. The van der Waals surface area contributed by atoms with E-state index in [1.54, 1.807) is 18.2 Å². The van der Waals surface area contributed by atoms with Gasteiger partial charge in [0.1, 0.15) is 6.04 Å². The maximum Gasteiger partial charge on any atom is 0.328 e. The minimum Gasteiger partial charge on any atom is -0.467 e. The van der Waals surface area contributed by atoms with Gasteiger partial charge in [0.25, 0.3) is 0 Å². The third kappa shape index (κ3) is 4.43. The number of methoxy groups -OCH3 is 1. The predicted molar refractivity (Wildman–Crippen MR) is 106 cm³/mol. The summed E-state index contributed by atoms with van der Waals surface area (Å²) in [7, 11) is 1.29. The van der Waals surface area contributed by atoms with Gasteiger partial charge in [-0.15, -0.1) is 0 Å². The van der Waals surface area contributed by atoms with Crippen molar-refractivity contribution < 1.29 is 14.3 Å². The van der Waals surface area contributed by atoms with Gasteiger partial charge in [0.2, 0.25) is 5.91 Å². The van der Waals surface area contributed by atoms with Gasteiger partial charge >= 0.3 is 5.97 Å². The van der Waals surface area contributed by atoms with Gasteiger partial charge in [-0.3, -0.25) is 4.79 Å². The smallest absolute Gasteiger partial charge is 0.328 e. The highest BCUT2D eigenvalue weighted by atomic mass is 35.5. The number of hydrogen-bond donors (Lipinski definition) is 2. The van der Waals surface area contributed by atoms with E-state index in [2.05, 4.69) is 10.3 Å². The minimum atomic E-state index is -0.817. The Bertz CT molecular complexity index is 964. The number of amides is 1. The lowest BCUT2D eigenvalue weighted by Crippen LogP contribution is -2.43. The summed E-state index contributed by atoms with van der Waals surface area (Å²) < 4.78 is 4.86. The maximum atomic E-state index is 12.5. The van der Waals surface area contributed by atoms with E-state index in [4.69, 9.17) is 27.9 Å². The molecule has 0 bridgehead atoms. The molecule has 2 N–H and O–H groups in total. The molecule has 5 nitrogen and oxygen atoms in total. The van der Waals surface area contributed by atoms with Crippen molar-refractivity contribution >= 4 is 46.0 Å². The molecule has 27 heavy (non-hydrogen) atoms. The number of benzene rings is 2. The molecule has 1 aromatic heterocycles. The Balaban J connectivity index is 1.77. The molecule has 0 aliphatic rings. The molecular formula is C20H18Cl2N2O3. The zero-order valence-corrected chi connectivity index (χ0v) is 16.1. The molecule has 0 fully saturated rings. The van der Waals surface area contributed by atoms with Crippen LogP contribution in [0.3, 0.4) is 0 Å². The molecule has 0 saturated carbocycles. The van der Waals surface area contributed by atoms with Gasteiger partial charge in [0.05, 0.1) is 13.5 Å². The predicted octanol–water partition coefficient (Wildman–Crippen LogP) is 3.92. The van der Waals surface area contributed by atoms with Gasteiger partial charge in [-0.1, -0.05) is 47.5 Å². The van der Waals surface area contributed by atoms with Crippen LogP contribution in [0.25, 0.3) is 10.9 Å². The Hall–Kier alpha value is -2.50. The van der Waals surface area contributed by atoms with Crippen LogP contribution in [0.4, 0.5) is 0 Å². The van der Waals surface area contributed by atoms with Gasteiger partial charge in [0.15, 0.2) is 0 Å². The number of esters is 1. The second kappa shape index (κ2) is 8.46. The van der Waals surface area contributed by atoms with Gasteiger partial charge in [-0.05, 0) is 29.3 Å². The lowest BCUT2D eigenvalue weighted by Gasteiger charge is -2.17. The van der Waals surface area contributed by atoms with Crippen LogP contribution < -0.4 is 5.32 Å². The molecule has 0 spiro atoms. The van der Waals surface area contributed by atoms with E-state index in [0.29, 0.717) is 22.0 Å². The van der Waals surface area contributed by atoms with Crippen molar-refractivity contribution in [3.8, 4) is 0 Å². The number of carbonyl (C=O) groups excluding carboxylic acids is 2. The van der Waals surface area contributed by atoms with E-state index in [1.165, 1.54) is 7.11 Å². The van der Waals surface area contributed by atoms with Crippen molar-refractivity contribution in [2.45, 2.75) is 18.9 Å². The van der Waals surface area contributed by atoms with Crippen molar-refractivity contribution in [1.29, 1.82) is 0 Å². The number of H-pyrrole nitrogens is 1. The quantitative estimate of drug-likeness (QED) is 0.611. The Morgan fingerprint density at radius 3 is 2.52 bits per heavy atom. The minimum absolute atomic E-state index is 0.0279. The molecule has 0 unspecified atom stereocenters. The normalized spacial score (nSPS) is 12.0. The van der Waals surface area contributed by atoms with Gasteiger partial charge < -0.3 is 15.0 Å². The molecule has 0 radical (unpaired) electrons. The molecule has 1 amide bonds. The van der Waals surface area contributed by atoms with E-state index < -0.39 is 12.0 Å². The van der Waals surface area contributed by atoms with Gasteiger partial charge in [0, 0.05) is 33.6 Å². The first kappa shape index (κ1) is 19.3. The van der Waals surface area contributed by atoms with Crippen LogP contribution in [0.15, 0.2) is 48.7 Å². The van der Waals surface area contributed by atoms with Gasteiger partial charge in [-0.25, -0.2) is 4.79 Å². The highest BCUT2D eigenvalue weighted by molar-refractivity contribution is 6.36. The second-order valence-electron chi connectivity index (χ2n) is 6.08. The number of rotatable bonds is 6. The first-order valence-electron chi connectivity index (χ1n) is 8.34. The molecule has 0 aliphatic carbocycles. The molecule has 140 valence electrons. The number of carbonyl (C=O) groups is 2. The monoisotopic (exact) mass is 404 g/mol. The highest BCUT2D eigenvalue weighted by Crippen LogP contribution is 2.25. The fourth-order valence-electron chi connectivity index (χ4n) is 2.96. The number of nitrogens with one attached hydrogen (secondary N) is 2. The van der Waals surface area contributed by atoms with Crippen molar-refractivity contribution in [2.75, 3.05) is 7.11 Å². The van der Waals surface area contributed by atoms with Crippen molar-refractivity contribution in [1.82, 2.24) is 10.3 Å². The second-order valence-corrected chi connectivity index (χ2v) is 6.90. The van der Waals surface area contributed by atoms with Crippen LogP contribution in [0.2, 0.25) is 10.0 Å². The fraction of sp³-hybridized carbons (Fsp3) is 0.200. The standard InChI is InChI=1S/C20H18Cl2N2O3/c1-27-20(26)18(9-12-11-23-17-8-3-2-5-13(12)17)24-19(25)10-14-15(21)6-4-7-16(14)22/h2-8,11,18,23H,9-10H2,1H3,(H,24,25)/t18-/m1/s1. The molecule has 3 aromatic rings. The summed E-state index contributed by atoms with van der Waals surface area (Å²) in [5, 5.41) is 4.54. The Morgan fingerprint density at radius 1 is 1.11 bits per heavy atom. The fourth-order valence-corrected chi connectivity index (χ4v) is 3.49. The third-order valence-corrected chi connectivity index (χ3v) is 5.03. The summed E-state index contributed by atoms with van der Waals surface area (Å²) in [5.74, 6) is -0.876. The number of aromatic amines is 1. The summed E-state index contributed by atoms with van der Waals surface area (Å²) in [5.41, 5.74) is 2.40. The zero-order valence-electron chi connectivity index (χ0n) is 14.6. The first-order chi connectivity index (χ1) is 13.0. The maximum absolute atomic E-state index is 12.5. The van der Waals surface area contributed by atoms with E-state index in [1.807, 2.05) is 30.5 Å². The van der Waals surface area contributed by atoms with E-state index in [9.17, 15) is 9.59 Å². The lowest BCUT2D eigenvalue weighted by atomic mass is 10.0. The summed E-state index contributed by atoms with van der Waals surface area (Å²) in [6.45, 7) is 0. The van der Waals surface area contributed by atoms with Crippen LogP contribution in [0.1, 0.15) is 11.1 Å². The van der Waals surface area contributed by atoms with Crippen LogP contribution in [0.5, 0.6) is 0 Å². The molecule has 1 heterocycles. The zero-order chi connectivity index (χ0) is 19.4. The Labute approximate surface area is 166 Å². The SMILES string of the molecule is COC(=O)[C@@H](Cc1c[nH]c2ccccc12)NC(=O)Cc1c(Cl)cccc1Cl. The number of ether oxygens (including phenoxy) is 1. The summed E-state index contributed by atoms with van der Waals surface area (Å²) in [4.78, 5) is 27.9. The van der Waals surface area contributed by atoms with E-state index >= 15 is 0 Å². The molecule has 0 saturated heterocycles. The van der Waals surface area contributed by atoms with Crippen LogP contribution in [-0.2, 0) is 27.2 Å². The molecule has 0 aliphatic heterocycles. The number of fused-ring (bicyclic) bond motifs is 1. The number of para-hydroxylation sites is 1. The topological polar surface area (TPSA) is 71.2 Å². The average molecular weight is 405 g/mol. The highest BCUT2D eigenvalue weighted by Gasteiger charge is 2.24. The van der Waals surface area contributed by atoms with E-state index in [-0.39, 0.29) is 12.3 Å². The number of hydrogen-bond acceptors (Lipinski definition) is 3. The Kier molecular flexibility index (Phi) is 6.04. The van der Waals surface area contributed by atoms with Crippen molar-refractivity contribution in [3.63, 3.8) is 0 Å². The molecule has 2 aromatic carbocycles. The van der Waals surface area contributed by atoms with Crippen molar-refractivity contribution in [2.24, 2.45) is 0 Å². The van der Waals surface area contributed by atoms with Crippen LogP contribution in [-0.4, -0.2) is 30.0 Å². The molecular weight excluding hydrogens is 387 g/mol. The number of aromatic nitrogens is 1. The van der Waals surface area contributed by atoms with Crippen LogP contribution >= 0.6 is 23.2 Å². The average Bonchev–Trinajstić information content (AvgIpc) is 3.07. The third-order valence-electron chi connectivity index (χ3n) is 4.32. The largest absolute Gasteiger partial charge is 0.467 e. The lowest BCUT2D eigenvalue weighted by molar-refractivity contribution is -0.145. The van der Waals surface area contributed by atoms with Crippen molar-refractivity contribution in [3.05, 3.63) is 69.8 Å². The first-order valence-corrected chi connectivity index (χ1v) is 9.10. The van der Waals surface area contributed by atoms with E-state index in [0.717, 1.165) is 16.5 Å². The number of halogens is 2. The van der Waals surface area contributed by atoms with Crippen LogP contribution in [0, 0.1) is 0 Å². The summed E-state index contributed by atoms with van der Waals surface area (Å²) >= 11 is 12.2. The summed E-state index contributed by atoms with van der Waals surface area (Å²) in [6.07, 6.45) is 2.11. The molecule has 3 rings (SSSR count).